The highest BCUT2D eigenvalue weighted by atomic mass is 35.5. The zero-order chi connectivity index (χ0) is 12.3. The lowest BCUT2D eigenvalue weighted by atomic mass is 10.3. The van der Waals surface area contributed by atoms with Gasteiger partial charge in [-0.2, -0.15) is 5.10 Å². The van der Waals surface area contributed by atoms with Crippen molar-refractivity contribution in [2.75, 3.05) is 12.3 Å². The van der Waals surface area contributed by atoms with E-state index in [9.17, 15) is 0 Å². The lowest BCUT2D eigenvalue weighted by molar-refractivity contribution is 0.293. The monoisotopic (exact) mass is 271 g/mol. The average molecular weight is 272 g/mol. The van der Waals surface area contributed by atoms with Crippen LogP contribution in [0.3, 0.4) is 0 Å². The van der Waals surface area contributed by atoms with E-state index in [0.29, 0.717) is 34.6 Å². The number of halogens is 2. The molecule has 0 atom stereocenters. The molecule has 2 aromatic rings. The molecule has 17 heavy (non-hydrogen) atoms. The molecule has 0 aliphatic carbocycles. The van der Waals surface area contributed by atoms with Crippen molar-refractivity contribution in [3.8, 4) is 5.75 Å². The maximum absolute atomic E-state index is 5.88. The van der Waals surface area contributed by atoms with E-state index < -0.39 is 0 Å². The SMILES string of the molecule is Nc1cc(Cl)c(Cl)cc1OCCn1cccn1. The fourth-order valence-electron chi connectivity index (χ4n) is 1.35. The zero-order valence-electron chi connectivity index (χ0n) is 8.94. The van der Waals surface area contributed by atoms with Crippen LogP contribution in [0.15, 0.2) is 30.6 Å². The first kappa shape index (κ1) is 12.1. The Labute approximate surface area is 109 Å². The standard InChI is InChI=1S/C11H11Cl2N3O/c12-8-6-10(14)11(7-9(8)13)17-5-4-16-3-1-2-15-16/h1-3,6-7H,4-5,14H2. The number of aromatic nitrogens is 2. The summed E-state index contributed by atoms with van der Waals surface area (Å²) < 4.78 is 7.29. The fourth-order valence-corrected chi connectivity index (χ4v) is 1.68. The summed E-state index contributed by atoms with van der Waals surface area (Å²) in [7, 11) is 0. The van der Waals surface area contributed by atoms with E-state index in [1.54, 1.807) is 23.0 Å². The first-order valence-corrected chi connectivity index (χ1v) is 5.77. The maximum atomic E-state index is 5.88. The van der Waals surface area contributed by atoms with Crippen molar-refractivity contribution in [2.24, 2.45) is 0 Å². The first-order chi connectivity index (χ1) is 8.16. The molecule has 4 nitrogen and oxygen atoms in total. The topological polar surface area (TPSA) is 53.1 Å². The Balaban J connectivity index is 1.97. The van der Waals surface area contributed by atoms with Crippen LogP contribution in [0.25, 0.3) is 0 Å². The number of hydrogen-bond acceptors (Lipinski definition) is 3. The molecule has 6 heteroatoms. The number of nitrogens with two attached hydrogens (primary N) is 1. The Hall–Kier alpha value is -1.39. The van der Waals surface area contributed by atoms with Crippen molar-refractivity contribution in [1.82, 2.24) is 9.78 Å². The van der Waals surface area contributed by atoms with E-state index in [-0.39, 0.29) is 0 Å². The van der Waals surface area contributed by atoms with E-state index in [4.69, 9.17) is 33.7 Å². The molecule has 1 aromatic heterocycles. The molecule has 90 valence electrons. The number of nitrogens with zero attached hydrogens (tertiary/aromatic N) is 2. The van der Waals surface area contributed by atoms with Crippen LogP contribution < -0.4 is 10.5 Å². The molecule has 0 aliphatic heterocycles. The number of nitrogen functional groups attached to an aromatic ring is 1. The molecule has 0 bridgehead atoms. The van der Waals surface area contributed by atoms with Gasteiger partial charge in [-0.3, -0.25) is 4.68 Å². The minimum atomic E-state index is 0.420. The summed E-state index contributed by atoms with van der Waals surface area (Å²) >= 11 is 11.7. The number of ether oxygens (including phenoxy) is 1. The van der Waals surface area contributed by atoms with Crippen LogP contribution in [0, 0.1) is 0 Å². The number of hydrogen-bond donors (Lipinski definition) is 1. The fraction of sp³-hybridized carbons (Fsp3) is 0.182. The van der Waals surface area contributed by atoms with Crippen LogP contribution in [0.2, 0.25) is 10.0 Å². The third-order valence-corrected chi connectivity index (χ3v) is 2.91. The lowest BCUT2D eigenvalue weighted by Gasteiger charge is -2.10. The quantitative estimate of drug-likeness (QED) is 0.871. The summed E-state index contributed by atoms with van der Waals surface area (Å²) in [5.41, 5.74) is 6.23. The predicted molar refractivity (Wildman–Crippen MR) is 68.6 cm³/mol. The van der Waals surface area contributed by atoms with Crippen molar-refractivity contribution < 1.29 is 4.74 Å². The molecular weight excluding hydrogens is 261 g/mol. The molecule has 0 radical (unpaired) electrons. The van der Waals surface area contributed by atoms with Crippen LogP contribution in [-0.4, -0.2) is 16.4 Å². The van der Waals surface area contributed by atoms with Gasteiger partial charge in [-0.25, -0.2) is 0 Å². The Morgan fingerprint density at radius 3 is 2.76 bits per heavy atom. The minimum absolute atomic E-state index is 0.420. The predicted octanol–water partition coefficient (Wildman–Crippen LogP) is 2.85. The van der Waals surface area contributed by atoms with Crippen molar-refractivity contribution in [3.63, 3.8) is 0 Å². The minimum Gasteiger partial charge on any atom is -0.489 e. The Bertz CT molecular complexity index is 500. The van der Waals surface area contributed by atoms with Gasteiger partial charge in [0.05, 0.1) is 22.3 Å². The van der Waals surface area contributed by atoms with Crippen LogP contribution in [0.1, 0.15) is 0 Å². The molecule has 0 fully saturated rings. The van der Waals surface area contributed by atoms with Crippen molar-refractivity contribution in [1.29, 1.82) is 0 Å². The summed E-state index contributed by atoms with van der Waals surface area (Å²) in [6.07, 6.45) is 3.58. The molecule has 0 amide bonds. The normalized spacial score (nSPS) is 10.5. The van der Waals surface area contributed by atoms with Crippen LogP contribution in [0.5, 0.6) is 5.75 Å². The average Bonchev–Trinajstić information content (AvgIpc) is 2.78. The van der Waals surface area contributed by atoms with Crippen molar-refractivity contribution >= 4 is 28.9 Å². The summed E-state index contributed by atoms with van der Waals surface area (Å²) in [6, 6.07) is 5.04. The van der Waals surface area contributed by atoms with Gasteiger partial charge >= 0.3 is 0 Å². The van der Waals surface area contributed by atoms with Gasteiger partial charge in [0.15, 0.2) is 0 Å². The van der Waals surface area contributed by atoms with E-state index in [1.165, 1.54) is 0 Å². The molecule has 1 heterocycles. The highest BCUT2D eigenvalue weighted by Gasteiger charge is 2.06. The highest BCUT2D eigenvalue weighted by molar-refractivity contribution is 6.42. The largest absolute Gasteiger partial charge is 0.489 e. The second kappa shape index (κ2) is 5.29. The van der Waals surface area contributed by atoms with Gasteiger partial charge in [0.2, 0.25) is 0 Å². The van der Waals surface area contributed by atoms with Gasteiger partial charge in [-0.15, -0.1) is 0 Å². The third kappa shape index (κ3) is 3.05. The second-order valence-corrected chi connectivity index (χ2v) is 4.24. The van der Waals surface area contributed by atoms with Crippen LogP contribution >= 0.6 is 23.2 Å². The highest BCUT2D eigenvalue weighted by Crippen LogP contribution is 2.32. The first-order valence-electron chi connectivity index (χ1n) is 5.01. The zero-order valence-corrected chi connectivity index (χ0v) is 10.4. The Kier molecular flexibility index (Phi) is 3.76. The van der Waals surface area contributed by atoms with E-state index >= 15 is 0 Å². The smallest absolute Gasteiger partial charge is 0.143 e. The number of benzene rings is 1. The molecule has 0 unspecified atom stereocenters. The van der Waals surface area contributed by atoms with E-state index in [2.05, 4.69) is 5.10 Å². The van der Waals surface area contributed by atoms with Crippen LogP contribution in [-0.2, 0) is 6.54 Å². The second-order valence-electron chi connectivity index (χ2n) is 3.42. The van der Waals surface area contributed by atoms with Gasteiger partial charge in [0, 0.05) is 18.5 Å². The molecule has 2 rings (SSSR count). The molecule has 0 aliphatic rings. The van der Waals surface area contributed by atoms with Crippen molar-refractivity contribution in [2.45, 2.75) is 6.54 Å². The molecular formula is C11H11Cl2N3O. The molecule has 0 spiro atoms. The summed E-state index contributed by atoms with van der Waals surface area (Å²) in [5, 5.41) is 4.91. The van der Waals surface area contributed by atoms with E-state index in [1.807, 2.05) is 12.3 Å². The molecule has 1 aromatic carbocycles. The van der Waals surface area contributed by atoms with Gasteiger partial charge < -0.3 is 10.5 Å². The third-order valence-electron chi connectivity index (χ3n) is 2.19. The van der Waals surface area contributed by atoms with Crippen LogP contribution in [0.4, 0.5) is 5.69 Å². The summed E-state index contributed by atoms with van der Waals surface area (Å²) in [4.78, 5) is 0. The number of rotatable bonds is 4. The molecule has 0 saturated heterocycles. The Morgan fingerprint density at radius 1 is 1.29 bits per heavy atom. The lowest BCUT2D eigenvalue weighted by Crippen LogP contribution is -2.09. The maximum Gasteiger partial charge on any atom is 0.143 e. The molecule has 0 saturated carbocycles. The summed E-state index contributed by atoms with van der Waals surface area (Å²) in [5.74, 6) is 0.534. The van der Waals surface area contributed by atoms with Gasteiger partial charge in [0.1, 0.15) is 12.4 Å². The Morgan fingerprint density at radius 2 is 2.06 bits per heavy atom. The van der Waals surface area contributed by atoms with Gasteiger partial charge in [-0.1, -0.05) is 23.2 Å². The van der Waals surface area contributed by atoms with Gasteiger partial charge in [-0.05, 0) is 12.1 Å². The molecule has 2 N–H and O–H groups in total. The van der Waals surface area contributed by atoms with Crippen molar-refractivity contribution in [3.05, 3.63) is 40.6 Å². The number of anilines is 1. The summed E-state index contributed by atoms with van der Waals surface area (Å²) in [6.45, 7) is 1.11. The van der Waals surface area contributed by atoms with Gasteiger partial charge in [0.25, 0.3) is 0 Å². The van der Waals surface area contributed by atoms with E-state index in [0.717, 1.165) is 0 Å².